The van der Waals surface area contributed by atoms with Gasteiger partial charge in [0.15, 0.2) is 0 Å². The van der Waals surface area contributed by atoms with E-state index in [1.165, 1.54) is 4.68 Å². The van der Waals surface area contributed by atoms with Crippen LogP contribution in [-0.4, -0.2) is 25.5 Å². The normalized spacial score (nSPS) is 14.0. The fourth-order valence-electron chi connectivity index (χ4n) is 3.39. The van der Waals surface area contributed by atoms with Crippen molar-refractivity contribution >= 4 is 11.7 Å². The third kappa shape index (κ3) is 3.28. The van der Waals surface area contributed by atoms with E-state index >= 15 is 0 Å². The molecule has 0 aliphatic heterocycles. The van der Waals surface area contributed by atoms with Gasteiger partial charge in [0.1, 0.15) is 11.9 Å². The third-order valence-electron chi connectivity index (χ3n) is 4.81. The lowest BCUT2D eigenvalue weighted by Crippen LogP contribution is -2.34. The fraction of sp³-hybridized carbons (Fsp3) is 0.300. The van der Waals surface area contributed by atoms with Gasteiger partial charge in [0, 0.05) is 12.1 Å². The first kappa shape index (κ1) is 17.2. The second kappa shape index (κ2) is 6.83. The molecule has 1 atom stereocenters. The molecule has 2 heterocycles. The molecule has 0 bridgehead atoms. The van der Waals surface area contributed by atoms with Gasteiger partial charge in [-0.25, -0.2) is 9.36 Å². The molecule has 4 rings (SSSR count). The lowest BCUT2D eigenvalue weighted by Gasteiger charge is -2.15. The summed E-state index contributed by atoms with van der Waals surface area (Å²) < 4.78 is 2.95. The lowest BCUT2D eigenvalue weighted by atomic mass is 10.2. The van der Waals surface area contributed by atoms with Crippen molar-refractivity contribution in [1.82, 2.24) is 19.6 Å². The molecule has 0 fully saturated rings. The number of benzene rings is 1. The van der Waals surface area contributed by atoms with Gasteiger partial charge in [-0.05, 0) is 50.8 Å². The van der Waals surface area contributed by atoms with Crippen LogP contribution in [0.3, 0.4) is 0 Å². The summed E-state index contributed by atoms with van der Waals surface area (Å²) in [5, 5.41) is 11.8. The maximum absolute atomic E-state index is 12.8. The fourth-order valence-corrected chi connectivity index (χ4v) is 3.39. The molecule has 1 unspecified atom stereocenters. The van der Waals surface area contributed by atoms with Crippen LogP contribution in [-0.2, 0) is 17.6 Å². The molecule has 2 aromatic heterocycles. The Balaban J connectivity index is 1.61. The number of rotatable bonds is 4. The molecule has 7 heteroatoms. The number of para-hydroxylation sites is 1. The maximum Gasteiger partial charge on any atom is 0.267 e. The zero-order valence-corrected chi connectivity index (χ0v) is 15.3. The summed E-state index contributed by atoms with van der Waals surface area (Å²) in [4.78, 5) is 25.2. The molecule has 0 saturated heterocycles. The number of carbonyl (C=O) groups is 1. The van der Waals surface area contributed by atoms with Crippen LogP contribution in [0.15, 0.2) is 47.3 Å². The number of nitrogens with one attached hydrogen (secondary N) is 1. The summed E-state index contributed by atoms with van der Waals surface area (Å²) in [5.74, 6) is 0.254. The SMILES string of the molecule is Cc1cc(NC(=O)C(C)n2nc3c(cc2=O)CCC3)n(-c2ccccc2)n1. The van der Waals surface area contributed by atoms with Crippen LogP contribution in [0.4, 0.5) is 5.82 Å². The van der Waals surface area contributed by atoms with E-state index in [-0.39, 0.29) is 11.5 Å². The standard InChI is InChI=1S/C20H21N5O2/c1-13-11-18(25(22-13)16-8-4-3-5-9-16)21-20(27)14(2)24-19(26)12-15-7-6-10-17(15)23-24/h3-5,8-9,11-12,14H,6-7,10H2,1-2H3,(H,21,27). The molecule has 0 radical (unpaired) electrons. The van der Waals surface area contributed by atoms with E-state index in [1.54, 1.807) is 23.7 Å². The number of aryl methyl sites for hydroxylation is 3. The highest BCUT2D eigenvalue weighted by molar-refractivity contribution is 5.93. The minimum Gasteiger partial charge on any atom is -0.309 e. The molecule has 1 aromatic carbocycles. The predicted molar refractivity (Wildman–Crippen MR) is 102 cm³/mol. The van der Waals surface area contributed by atoms with Crippen molar-refractivity contribution in [2.24, 2.45) is 0 Å². The van der Waals surface area contributed by atoms with E-state index in [1.807, 2.05) is 37.3 Å². The Hall–Kier alpha value is -3.22. The van der Waals surface area contributed by atoms with Crippen molar-refractivity contribution < 1.29 is 4.79 Å². The van der Waals surface area contributed by atoms with Crippen LogP contribution < -0.4 is 10.9 Å². The second-order valence-electron chi connectivity index (χ2n) is 6.84. The molecule has 0 spiro atoms. The molecule has 138 valence electrons. The maximum atomic E-state index is 12.8. The van der Waals surface area contributed by atoms with Gasteiger partial charge < -0.3 is 5.32 Å². The average molecular weight is 363 g/mol. The highest BCUT2D eigenvalue weighted by Gasteiger charge is 2.22. The Bertz CT molecular complexity index is 1050. The highest BCUT2D eigenvalue weighted by Crippen LogP contribution is 2.20. The number of hydrogen-bond donors (Lipinski definition) is 1. The summed E-state index contributed by atoms with van der Waals surface area (Å²) in [6, 6.07) is 12.3. The van der Waals surface area contributed by atoms with Crippen molar-refractivity contribution in [3.8, 4) is 5.69 Å². The van der Waals surface area contributed by atoms with Gasteiger partial charge in [-0.1, -0.05) is 18.2 Å². The molecule has 3 aromatic rings. The van der Waals surface area contributed by atoms with E-state index in [4.69, 9.17) is 0 Å². The molecule has 0 saturated carbocycles. The largest absolute Gasteiger partial charge is 0.309 e. The highest BCUT2D eigenvalue weighted by atomic mass is 16.2. The third-order valence-corrected chi connectivity index (χ3v) is 4.81. The Morgan fingerprint density at radius 3 is 2.70 bits per heavy atom. The molecular formula is C20H21N5O2. The van der Waals surface area contributed by atoms with Crippen molar-refractivity contribution in [2.75, 3.05) is 5.32 Å². The smallest absolute Gasteiger partial charge is 0.267 e. The van der Waals surface area contributed by atoms with Crippen molar-refractivity contribution in [2.45, 2.75) is 39.2 Å². The van der Waals surface area contributed by atoms with Gasteiger partial charge >= 0.3 is 0 Å². The first-order chi connectivity index (χ1) is 13.0. The Labute approximate surface area is 156 Å². The van der Waals surface area contributed by atoms with E-state index in [9.17, 15) is 9.59 Å². The summed E-state index contributed by atoms with van der Waals surface area (Å²) in [6.07, 6.45) is 2.74. The van der Waals surface area contributed by atoms with Crippen LogP contribution in [0.2, 0.25) is 0 Å². The van der Waals surface area contributed by atoms with Gasteiger partial charge in [-0.15, -0.1) is 0 Å². The average Bonchev–Trinajstić information content (AvgIpc) is 3.26. The summed E-state index contributed by atoms with van der Waals surface area (Å²) in [7, 11) is 0. The van der Waals surface area contributed by atoms with Gasteiger partial charge in [-0.2, -0.15) is 10.2 Å². The zero-order chi connectivity index (χ0) is 19.0. The van der Waals surface area contributed by atoms with E-state index in [0.717, 1.165) is 41.9 Å². The summed E-state index contributed by atoms with van der Waals surface area (Å²) in [6.45, 7) is 3.55. The van der Waals surface area contributed by atoms with Crippen LogP contribution in [0.25, 0.3) is 5.69 Å². The van der Waals surface area contributed by atoms with Gasteiger partial charge in [0.05, 0.1) is 17.1 Å². The zero-order valence-electron chi connectivity index (χ0n) is 15.3. The lowest BCUT2D eigenvalue weighted by molar-refractivity contribution is -0.119. The Morgan fingerprint density at radius 1 is 1.15 bits per heavy atom. The van der Waals surface area contributed by atoms with Crippen molar-refractivity contribution in [3.63, 3.8) is 0 Å². The monoisotopic (exact) mass is 363 g/mol. The Morgan fingerprint density at radius 2 is 1.93 bits per heavy atom. The van der Waals surface area contributed by atoms with Gasteiger partial charge in [0.2, 0.25) is 5.91 Å². The van der Waals surface area contributed by atoms with E-state index in [0.29, 0.717) is 5.82 Å². The first-order valence-corrected chi connectivity index (χ1v) is 9.07. The predicted octanol–water partition coefficient (Wildman–Crippen LogP) is 2.43. The van der Waals surface area contributed by atoms with E-state index < -0.39 is 6.04 Å². The first-order valence-electron chi connectivity index (χ1n) is 9.07. The Kier molecular flexibility index (Phi) is 4.35. The molecular weight excluding hydrogens is 342 g/mol. The van der Waals surface area contributed by atoms with Crippen LogP contribution in [0.5, 0.6) is 0 Å². The van der Waals surface area contributed by atoms with Crippen LogP contribution in [0.1, 0.15) is 36.3 Å². The minimum atomic E-state index is -0.720. The van der Waals surface area contributed by atoms with Gasteiger partial charge in [-0.3, -0.25) is 9.59 Å². The number of hydrogen-bond acceptors (Lipinski definition) is 4. The van der Waals surface area contributed by atoms with Gasteiger partial charge in [0.25, 0.3) is 5.56 Å². The number of anilines is 1. The molecule has 1 aliphatic rings. The van der Waals surface area contributed by atoms with Crippen molar-refractivity contribution in [1.29, 1.82) is 0 Å². The van der Waals surface area contributed by atoms with Crippen LogP contribution in [0, 0.1) is 6.92 Å². The number of nitrogens with zero attached hydrogens (tertiary/aromatic N) is 4. The quantitative estimate of drug-likeness (QED) is 0.772. The second-order valence-corrected chi connectivity index (χ2v) is 6.84. The molecule has 7 nitrogen and oxygen atoms in total. The molecule has 27 heavy (non-hydrogen) atoms. The number of amides is 1. The van der Waals surface area contributed by atoms with Crippen LogP contribution >= 0.6 is 0 Å². The molecule has 1 N–H and O–H groups in total. The minimum absolute atomic E-state index is 0.244. The van der Waals surface area contributed by atoms with E-state index in [2.05, 4.69) is 15.5 Å². The molecule has 1 aliphatic carbocycles. The molecule has 1 amide bonds. The number of aromatic nitrogens is 4. The topological polar surface area (TPSA) is 81.8 Å². The number of fused-ring (bicyclic) bond motifs is 1. The summed E-state index contributed by atoms with van der Waals surface area (Å²) >= 11 is 0. The summed E-state index contributed by atoms with van der Waals surface area (Å²) in [5.41, 5.74) is 3.31. The van der Waals surface area contributed by atoms with Crippen molar-refractivity contribution in [3.05, 3.63) is 69.8 Å². The number of carbonyl (C=O) groups excluding carboxylic acids is 1.